The van der Waals surface area contributed by atoms with Crippen molar-refractivity contribution in [2.75, 3.05) is 19.6 Å². The molecule has 0 saturated carbocycles. The lowest BCUT2D eigenvalue weighted by Crippen LogP contribution is -2.40. The van der Waals surface area contributed by atoms with E-state index in [1.54, 1.807) is 11.2 Å². The Labute approximate surface area is 138 Å². The van der Waals surface area contributed by atoms with E-state index in [0.717, 1.165) is 25.1 Å². The zero-order chi connectivity index (χ0) is 16.9. The van der Waals surface area contributed by atoms with Gasteiger partial charge in [-0.05, 0) is 45.7 Å². The molecule has 1 aromatic heterocycles. The monoisotopic (exact) mass is 320 g/mol. The van der Waals surface area contributed by atoms with Crippen molar-refractivity contribution < 1.29 is 13.9 Å². The number of carbonyl (C=O) groups is 1. The van der Waals surface area contributed by atoms with Gasteiger partial charge in [-0.3, -0.25) is 0 Å². The smallest absolute Gasteiger partial charge is 0.410 e. The first kappa shape index (κ1) is 17.6. The number of nitrogens with zero attached hydrogens (tertiary/aromatic N) is 1. The van der Waals surface area contributed by atoms with E-state index in [0.29, 0.717) is 13.1 Å². The Morgan fingerprint density at radius 1 is 1.48 bits per heavy atom. The number of nitrogens with one attached hydrogen (secondary N) is 1. The van der Waals surface area contributed by atoms with Crippen molar-refractivity contribution in [2.45, 2.75) is 52.2 Å². The zero-order valence-corrected chi connectivity index (χ0v) is 14.6. The minimum absolute atomic E-state index is 0.231. The van der Waals surface area contributed by atoms with Gasteiger partial charge in [0.25, 0.3) is 0 Å². The average Bonchev–Trinajstić information content (AvgIpc) is 3.01. The molecule has 0 saturated heterocycles. The summed E-state index contributed by atoms with van der Waals surface area (Å²) in [6.45, 7) is 9.95. The largest absolute Gasteiger partial charge is 0.468 e. The Kier molecular flexibility index (Phi) is 5.88. The zero-order valence-electron chi connectivity index (χ0n) is 14.6. The van der Waals surface area contributed by atoms with E-state index >= 15 is 0 Å². The summed E-state index contributed by atoms with van der Waals surface area (Å²) in [5.74, 6) is 0.972. The molecule has 1 unspecified atom stereocenters. The molecule has 128 valence electrons. The third kappa shape index (κ3) is 5.43. The van der Waals surface area contributed by atoms with Gasteiger partial charge in [-0.15, -0.1) is 0 Å². The van der Waals surface area contributed by atoms with Gasteiger partial charge in [0, 0.05) is 19.6 Å². The summed E-state index contributed by atoms with van der Waals surface area (Å²) in [5.41, 5.74) is 0.884. The van der Waals surface area contributed by atoms with E-state index in [1.165, 1.54) is 5.57 Å². The van der Waals surface area contributed by atoms with E-state index in [9.17, 15) is 4.79 Å². The van der Waals surface area contributed by atoms with Gasteiger partial charge < -0.3 is 19.4 Å². The minimum Gasteiger partial charge on any atom is -0.468 e. The molecule has 2 heterocycles. The number of hydrogen-bond donors (Lipinski definition) is 1. The predicted molar refractivity (Wildman–Crippen MR) is 90.2 cm³/mol. The maximum absolute atomic E-state index is 12.0. The van der Waals surface area contributed by atoms with Crippen molar-refractivity contribution in [3.63, 3.8) is 0 Å². The van der Waals surface area contributed by atoms with E-state index in [-0.39, 0.29) is 12.1 Å². The van der Waals surface area contributed by atoms with Crippen molar-refractivity contribution >= 4 is 6.09 Å². The molecular weight excluding hydrogens is 292 g/mol. The lowest BCUT2D eigenvalue weighted by Gasteiger charge is -2.30. The van der Waals surface area contributed by atoms with Crippen molar-refractivity contribution in [2.24, 2.45) is 0 Å². The van der Waals surface area contributed by atoms with Crippen LogP contribution in [0.4, 0.5) is 4.79 Å². The third-order valence-electron chi connectivity index (χ3n) is 3.83. The van der Waals surface area contributed by atoms with Crippen LogP contribution in [0.2, 0.25) is 0 Å². The number of hydrogen-bond acceptors (Lipinski definition) is 4. The molecular formula is C18H28N2O3. The predicted octanol–water partition coefficient (Wildman–Crippen LogP) is 3.89. The van der Waals surface area contributed by atoms with Crippen LogP contribution in [-0.4, -0.2) is 36.2 Å². The molecule has 0 fully saturated rings. The summed E-state index contributed by atoms with van der Waals surface area (Å²) >= 11 is 0. The Hall–Kier alpha value is -1.75. The molecule has 0 radical (unpaired) electrons. The van der Waals surface area contributed by atoms with Crippen molar-refractivity contribution in [3.05, 3.63) is 35.8 Å². The van der Waals surface area contributed by atoms with E-state index in [1.807, 2.05) is 32.9 Å². The van der Waals surface area contributed by atoms with Crippen LogP contribution in [0.25, 0.3) is 0 Å². The summed E-state index contributed by atoms with van der Waals surface area (Å²) < 4.78 is 10.9. The fourth-order valence-corrected chi connectivity index (χ4v) is 2.55. The molecule has 0 bridgehead atoms. The molecule has 5 nitrogen and oxygen atoms in total. The summed E-state index contributed by atoms with van der Waals surface area (Å²) in [6, 6.07) is 4.15. The Bertz CT molecular complexity index is 529. The quantitative estimate of drug-likeness (QED) is 0.836. The molecule has 0 spiro atoms. The fourth-order valence-electron chi connectivity index (χ4n) is 2.55. The maximum atomic E-state index is 12.0. The number of carbonyl (C=O) groups excluding carboxylic acids is 1. The van der Waals surface area contributed by atoms with Crippen LogP contribution in [0, 0.1) is 0 Å². The van der Waals surface area contributed by atoms with Crippen LogP contribution < -0.4 is 5.32 Å². The molecule has 5 heteroatoms. The maximum Gasteiger partial charge on any atom is 0.410 e. The summed E-state index contributed by atoms with van der Waals surface area (Å²) in [6.07, 6.45) is 5.45. The van der Waals surface area contributed by atoms with E-state index in [2.05, 4.69) is 18.3 Å². The standard InChI is InChI=1S/C18H28N2O3/c1-5-15(16-7-6-12-22-16)19-13-14-8-10-20(11-9-14)17(21)23-18(2,3)4/h6-8,12,15,19H,5,9-11,13H2,1-4H3. The van der Waals surface area contributed by atoms with Crippen molar-refractivity contribution in [1.29, 1.82) is 0 Å². The average molecular weight is 320 g/mol. The molecule has 1 aliphatic heterocycles. The van der Waals surface area contributed by atoms with E-state index < -0.39 is 5.60 Å². The highest BCUT2D eigenvalue weighted by Gasteiger charge is 2.23. The molecule has 1 N–H and O–H groups in total. The Balaban J connectivity index is 1.81. The molecule has 0 aromatic carbocycles. The Morgan fingerprint density at radius 3 is 2.78 bits per heavy atom. The molecule has 0 aliphatic carbocycles. The van der Waals surface area contributed by atoms with Crippen LogP contribution in [0.3, 0.4) is 0 Å². The first-order chi connectivity index (χ1) is 10.9. The lowest BCUT2D eigenvalue weighted by atomic mass is 10.1. The second-order valence-corrected chi connectivity index (χ2v) is 6.90. The number of ether oxygens (including phenoxy) is 1. The van der Waals surface area contributed by atoms with Crippen LogP contribution in [0.5, 0.6) is 0 Å². The number of rotatable bonds is 5. The minimum atomic E-state index is -0.444. The molecule has 23 heavy (non-hydrogen) atoms. The molecule has 2 rings (SSSR count). The highest BCUT2D eigenvalue weighted by molar-refractivity contribution is 5.68. The van der Waals surface area contributed by atoms with Crippen LogP contribution >= 0.6 is 0 Å². The first-order valence-corrected chi connectivity index (χ1v) is 8.31. The van der Waals surface area contributed by atoms with Gasteiger partial charge in [-0.25, -0.2) is 4.79 Å². The summed E-state index contributed by atoms with van der Waals surface area (Å²) in [5, 5.41) is 3.53. The highest BCUT2D eigenvalue weighted by Crippen LogP contribution is 2.19. The molecule has 1 aromatic rings. The second kappa shape index (κ2) is 7.68. The SMILES string of the molecule is CCC(NCC1=CCN(C(=O)OC(C)(C)C)CC1)c1ccco1. The molecule has 1 atom stereocenters. The van der Waals surface area contributed by atoms with Gasteiger partial charge in [-0.2, -0.15) is 0 Å². The van der Waals surface area contributed by atoms with Gasteiger partial charge in [0.05, 0.1) is 12.3 Å². The lowest BCUT2D eigenvalue weighted by molar-refractivity contribution is 0.0265. The number of furan rings is 1. The third-order valence-corrected chi connectivity index (χ3v) is 3.83. The van der Waals surface area contributed by atoms with Crippen molar-refractivity contribution in [3.8, 4) is 0 Å². The summed E-state index contributed by atoms with van der Waals surface area (Å²) in [4.78, 5) is 13.8. The molecule has 1 amide bonds. The van der Waals surface area contributed by atoms with Crippen LogP contribution in [0.1, 0.15) is 52.3 Å². The van der Waals surface area contributed by atoms with Crippen LogP contribution in [0.15, 0.2) is 34.5 Å². The molecule has 1 aliphatic rings. The second-order valence-electron chi connectivity index (χ2n) is 6.90. The summed E-state index contributed by atoms with van der Waals surface area (Å²) in [7, 11) is 0. The topological polar surface area (TPSA) is 54.7 Å². The van der Waals surface area contributed by atoms with Gasteiger partial charge >= 0.3 is 6.09 Å². The van der Waals surface area contributed by atoms with Gasteiger partial charge in [0.15, 0.2) is 0 Å². The Morgan fingerprint density at radius 2 is 2.26 bits per heavy atom. The normalized spacial score (nSPS) is 16.9. The first-order valence-electron chi connectivity index (χ1n) is 8.31. The van der Waals surface area contributed by atoms with Crippen molar-refractivity contribution in [1.82, 2.24) is 10.2 Å². The van der Waals surface area contributed by atoms with E-state index in [4.69, 9.17) is 9.15 Å². The van der Waals surface area contributed by atoms with Gasteiger partial charge in [-0.1, -0.05) is 18.6 Å². The van der Waals surface area contributed by atoms with Gasteiger partial charge in [0.2, 0.25) is 0 Å². The fraction of sp³-hybridized carbons (Fsp3) is 0.611. The van der Waals surface area contributed by atoms with Crippen LogP contribution in [-0.2, 0) is 4.74 Å². The highest BCUT2D eigenvalue weighted by atomic mass is 16.6. The van der Waals surface area contributed by atoms with Gasteiger partial charge in [0.1, 0.15) is 11.4 Å². The number of amides is 1.